The molecule has 3 rings (SSSR count). The lowest BCUT2D eigenvalue weighted by molar-refractivity contribution is -0.122. The third-order valence-corrected chi connectivity index (χ3v) is 5.77. The minimum Gasteiger partial charge on any atom is -0.496 e. The van der Waals surface area contributed by atoms with Crippen molar-refractivity contribution >= 4 is 29.0 Å². The number of amides is 2. The maximum absolute atomic E-state index is 12.8. The summed E-state index contributed by atoms with van der Waals surface area (Å²) in [5.74, 6) is 0.927. The van der Waals surface area contributed by atoms with E-state index < -0.39 is 0 Å². The molecular formula is C23H25NO3S. The molecule has 0 radical (unpaired) electrons. The van der Waals surface area contributed by atoms with E-state index in [2.05, 4.69) is 19.9 Å². The van der Waals surface area contributed by atoms with E-state index in [0.29, 0.717) is 23.8 Å². The first-order valence-electron chi connectivity index (χ1n) is 9.38. The minimum atomic E-state index is -0.216. The smallest absolute Gasteiger partial charge is 0.293 e. The summed E-state index contributed by atoms with van der Waals surface area (Å²) in [6.07, 6.45) is 2.49. The SMILES string of the molecule is COc1cc(C)c(/C=C2\SC(=O)N(CCc3ccccc3)C2=O)cc1C(C)C. The highest BCUT2D eigenvalue weighted by molar-refractivity contribution is 8.18. The van der Waals surface area contributed by atoms with E-state index in [1.807, 2.05) is 49.4 Å². The van der Waals surface area contributed by atoms with Crippen molar-refractivity contribution in [3.63, 3.8) is 0 Å². The molecule has 0 spiro atoms. The predicted molar refractivity (Wildman–Crippen MR) is 115 cm³/mol. The third kappa shape index (κ3) is 4.30. The Morgan fingerprint density at radius 2 is 1.86 bits per heavy atom. The van der Waals surface area contributed by atoms with Gasteiger partial charge in [0.2, 0.25) is 0 Å². The fourth-order valence-corrected chi connectivity index (χ4v) is 4.07. The van der Waals surface area contributed by atoms with Crippen LogP contribution in [0.1, 0.15) is 42.0 Å². The van der Waals surface area contributed by atoms with Crippen molar-refractivity contribution in [2.45, 2.75) is 33.1 Å². The zero-order valence-electron chi connectivity index (χ0n) is 16.7. The van der Waals surface area contributed by atoms with E-state index in [1.54, 1.807) is 7.11 Å². The lowest BCUT2D eigenvalue weighted by Gasteiger charge is -2.15. The van der Waals surface area contributed by atoms with Crippen LogP contribution >= 0.6 is 11.8 Å². The molecule has 0 aromatic heterocycles. The van der Waals surface area contributed by atoms with E-state index in [0.717, 1.165) is 39.8 Å². The Hall–Kier alpha value is -2.53. The Morgan fingerprint density at radius 3 is 2.50 bits per heavy atom. The number of aryl methyl sites for hydroxylation is 1. The second-order valence-electron chi connectivity index (χ2n) is 7.17. The molecule has 1 aliphatic rings. The van der Waals surface area contributed by atoms with Gasteiger partial charge in [0.15, 0.2) is 0 Å². The maximum Gasteiger partial charge on any atom is 0.293 e. The van der Waals surface area contributed by atoms with Crippen LogP contribution in [0.5, 0.6) is 5.75 Å². The van der Waals surface area contributed by atoms with Gasteiger partial charge < -0.3 is 4.74 Å². The monoisotopic (exact) mass is 395 g/mol. The summed E-state index contributed by atoms with van der Waals surface area (Å²) in [6.45, 7) is 6.59. The largest absolute Gasteiger partial charge is 0.496 e. The summed E-state index contributed by atoms with van der Waals surface area (Å²) in [5, 5.41) is -0.206. The highest BCUT2D eigenvalue weighted by Crippen LogP contribution is 2.35. The number of benzene rings is 2. The number of imide groups is 1. The van der Waals surface area contributed by atoms with Crippen LogP contribution in [-0.4, -0.2) is 29.7 Å². The van der Waals surface area contributed by atoms with Crippen LogP contribution in [0.3, 0.4) is 0 Å². The van der Waals surface area contributed by atoms with E-state index in [9.17, 15) is 9.59 Å². The molecule has 0 saturated carbocycles. The van der Waals surface area contributed by atoms with E-state index in [4.69, 9.17) is 4.74 Å². The molecule has 1 heterocycles. The average molecular weight is 396 g/mol. The van der Waals surface area contributed by atoms with Gasteiger partial charge in [0.05, 0.1) is 12.0 Å². The molecule has 1 aliphatic heterocycles. The fraction of sp³-hybridized carbons (Fsp3) is 0.304. The van der Waals surface area contributed by atoms with Gasteiger partial charge in [-0.3, -0.25) is 14.5 Å². The molecular weight excluding hydrogens is 370 g/mol. The first-order chi connectivity index (χ1) is 13.4. The summed E-state index contributed by atoms with van der Waals surface area (Å²) in [6, 6.07) is 13.9. The van der Waals surface area contributed by atoms with Crippen LogP contribution in [0.25, 0.3) is 6.08 Å². The molecule has 0 bridgehead atoms. The van der Waals surface area contributed by atoms with Gasteiger partial charge in [0, 0.05) is 6.54 Å². The van der Waals surface area contributed by atoms with Gasteiger partial charge >= 0.3 is 0 Å². The lowest BCUT2D eigenvalue weighted by Crippen LogP contribution is -2.30. The normalized spacial score (nSPS) is 15.8. The van der Waals surface area contributed by atoms with Crippen molar-refractivity contribution in [2.24, 2.45) is 0 Å². The number of nitrogens with zero attached hydrogens (tertiary/aromatic N) is 1. The Balaban J connectivity index is 1.82. The highest BCUT2D eigenvalue weighted by Gasteiger charge is 2.34. The number of rotatable bonds is 6. The Morgan fingerprint density at radius 1 is 1.14 bits per heavy atom. The molecule has 146 valence electrons. The predicted octanol–water partition coefficient (Wildman–Crippen LogP) is 5.41. The summed E-state index contributed by atoms with van der Waals surface area (Å²) in [7, 11) is 1.67. The van der Waals surface area contributed by atoms with Crippen LogP contribution in [0.2, 0.25) is 0 Å². The van der Waals surface area contributed by atoms with Crippen LogP contribution in [0, 0.1) is 6.92 Å². The number of carbonyl (C=O) groups excluding carboxylic acids is 2. The number of carbonyl (C=O) groups is 2. The van der Waals surface area contributed by atoms with Gasteiger partial charge in [-0.15, -0.1) is 0 Å². The number of hydrogen-bond acceptors (Lipinski definition) is 4. The molecule has 2 amide bonds. The topological polar surface area (TPSA) is 46.6 Å². The Labute approximate surface area is 170 Å². The van der Waals surface area contributed by atoms with Crippen LogP contribution in [-0.2, 0) is 11.2 Å². The first-order valence-corrected chi connectivity index (χ1v) is 10.2. The Bertz CT molecular complexity index is 919. The van der Waals surface area contributed by atoms with E-state index in [-0.39, 0.29) is 11.1 Å². The Kier molecular flexibility index (Phi) is 6.25. The van der Waals surface area contributed by atoms with Crippen molar-refractivity contribution in [1.82, 2.24) is 4.90 Å². The van der Waals surface area contributed by atoms with Crippen LogP contribution in [0.4, 0.5) is 4.79 Å². The average Bonchev–Trinajstić information content (AvgIpc) is 2.95. The number of ether oxygens (including phenoxy) is 1. The quantitative estimate of drug-likeness (QED) is 0.614. The molecule has 0 unspecified atom stereocenters. The molecule has 1 saturated heterocycles. The van der Waals surface area contributed by atoms with Crippen molar-refractivity contribution in [3.05, 3.63) is 69.6 Å². The first kappa shape index (κ1) is 20.2. The van der Waals surface area contributed by atoms with Gasteiger partial charge in [-0.1, -0.05) is 44.2 Å². The summed E-state index contributed by atoms with van der Waals surface area (Å²) in [4.78, 5) is 27.0. The van der Waals surface area contributed by atoms with Crippen molar-refractivity contribution in [2.75, 3.05) is 13.7 Å². The van der Waals surface area contributed by atoms with Crippen LogP contribution < -0.4 is 4.74 Å². The standard InChI is InChI=1S/C23H25NO3S/c1-15(2)19-13-18(16(3)12-20(19)27-4)14-21-22(25)24(23(26)28-21)11-10-17-8-6-5-7-9-17/h5-9,12-15H,10-11H2,1-4H3/b21-14-. The molecule has 2 aromatic carbocycles. The summed E-state index contributed by atoms with van der Waals surface area (Å²) < 4.78 is 5.49. The van der Waals surface area contributed by atoms with Gasteiger partial charge in [0.1, 0.15) is 5.75 Å². The second kappa shape index (κ2) is 8.65. The molecule has 5 heteroatoms. The van der Waals surface area contributed by atoms with Gasteiger partial charge in [-0.25, -0.2) is 0 Å². The fourth-order valence-electron chi connectivity index (χ4n) is 3.22. The number of hydrogen-bond donors (Lipinski definition) is 0. The number of methoxy groups -OCH3 is 1. The third-order valence-electron chi connectivity index (χ3n) is 4.87. The molecule has 0 aliphatic carbocycles. The molecule has 0 N–H and O–H groups in total. The van der Waals surface area contributed by atoms with Gasteiger partial charge in [0.25, 0.3) is 11.1 Å². The lowest BCUT2D eigenvalue weighted by atomic mass is 9.96. The van der Waals surface area contributed by atoms with Crippen molar-refractivity contribution in [1.29, 1.82) is 0 Å². The van der Waals surface area contributed by atoms with Gasteiger partial charge in [-0.05, 0) is 71.5 Å². The molecule has 1 fully saturated rings. The molecule has 4 nitrogen and oxygen atoms in total. The zero-order valence-corrected chi connectivity index (χ0v) is 17.5. The van der Waals surface area contributed by atoms with E-state index in [1.165, 1.54) is 4.90 Å². The maximum atomic E-state index is 12.8. The zero-order chi connectivity index (χ0) is 20.3. The van der Waals surface area contributed by atoms with Gasteiger partial charge in [-0.2, -0.15) is 0 Å². The summed E-state index contributed by atoms with van der Waals surface area (Å²) in [5.41, 5.74) is 4.15. The molecule has 2 aromatic rings. The minimum absolute atomic E-state index is 0.206. The molecule has 0 atom stereocenters. The van der Waals surface area contributed by atoms with Crippen LogP contribution in [0.15, 0.2) is 47.4 Å². The van der Waals surface area contributed by atoms with Crippen molar-refractivity contribution in [3.8, 4) is 5.75 Å². The number of thioether (sulfide) groups is 1. The molecule has 28 heavy (non-hydrogen) atoms. The highest BCUT2D eigenvalue weighted by atomic mass is 32.2. The van der Waals surface area contributed by atoms with E-state index >= 15 is 0 Å². The summed E-state index contributed by atoms with van der Waals surface area (Å²) >= 11 is 1.01. The second-order valence-corrected chi connectivity index (χ2v) is 8.17. The van der Waals surface area contributed by atoms with Crippen molar-refractivity contribution < 1.29 is 14.3 Å².